The van der Waals surface area contributed by atoms with Gasteiger partial charge in [0.25, 0.3) is 0 Å². The summed E-state index contributed by atoms with van der Waals surface area (Å²) in [6.07, 6.45) is 6.28. The van der Waals surface area contributed by atoms with Crippen molar-refractivity contribution in [2.24, 2.45) is 11.5 Å². The Kier molecular flexibility index (Phi) is 6.18. The van der Waals surface area contributed by atoms with E-state index in [9.17, 15) is 0 Å². The van der Waals surface area contributed by atoms with E-state index < -0.39 is 0 Å². The van der Waals surface area contributed by atoms with Crippen molar-refractivity contribution in [1.82, 2.24) is 0 Å². The van der Waals surface area contributed by atoms with Crippen LogP contribution in [0.25, 0.3) is 6.08 Å². The molecule has 0 spiro atoms. The molecule has 0 aliphatic carbocycles. The molecule has 0 aliphatic heterocycles. The van der Waals surface area contributed by atoms with E-state index in [2.05, 4.69) is 0 Å². The van der Waals surface area contributed by atoms with Crippen molar-refractivity contribution < 1.29 is 4.74 Å². The molecule has 0 aromatic heterocycles. The van der Waals surface area contributed by atoms with Crippen molar-refractivity contribution in [3.05, 3.63) is 35.5 Å². The van der Waals surface area contributed by atoms with Crippen LogP contribution in [0, 0.1) is 0 Å². The molecule has 94 valence electrons. The Balaban J connectivity index is 2.43. The quantitative estimate of drug-likeness (QED) is 0.713. The van der Waals surface area contributed by atoms with Gasteiger partial charge in [0.2, 0.25) is 0 Å². The van der Waals surface area contributed by atoms with Crippen molar-refractivity contribution >= 4 is 6.08 Å². The highest BCUT2D eigenvalue weighted by atomic mass is 16.5. The third kappa shape index (κ3) is 5.41. The topological polar surface area (TPSA) is 61.3 Å². The summed E-state index contributed by atoms with van der Waals surface area (Å²) in [5.41, 5.74) is 13.4. The molecule has 3 heteroatoms. The summed E-state index contributed by atoms with van der Waals surface area (Å²) in [5, 5.41) is 0. The van der Waals surface area contributed by atoms with Gasteiger partial charge in [-0.3, -0.25) is 0 Å². The third-order valence-electron chi connectivity index (χ3n) is 2.64. The zero-order valence-corrected chi connectivity index (χ0v) is 10.5. The molecule has 1 aromatic rings. The second-order valence-corrected chi connectivity index (χ2v) is 4.09. The average Bonchev–Trinajstić information content (AvgIpc) is 2.36. The van der Waals surface area contributed by atoms with Crippen LogP contribution in [0.15, 0.2) is 30.0 Å². The van der Waals surface area contributed by atoms with Crippen LogP contribution in [0.5, 0.6) is 5.75 Å². The summed E-state index contributed by atoms with van der Waals surface area (Å²) in [7, 11) is 1.66. The van der Waals surface area contributed by atoms with E-state index in [4.69, 9.17) is 16.2 Å². The molecule has 3 nitrogen and oxygen atoms in total. The molecule has 0 unspecified atom stereocenters. The van der Waals surface area contributed by atoms with Crippen molar-refractivity contribution in [2.75, 3.05) is 13.7 Å². The highest BCUT2D eigenvalue weighted by molar-refractivity contribution is 5.53. The van der Waals surface area contributed by atoms with Crippen LogP contribution < -0.4 is 16.2 Å². The van der Waals surface area contributed by atoms with Crippen molar-refractivity contribution in [3.63, 3.8) is 0 Å². The predicted octanol–water partition coefficient (Wildman–Crippen LogP) is 2.51. The number of methoxy groups -OCH3 is 1. The van der Waals surface area contributed by atoms with Crippen molar-refractivity contribution in [3.8, 4) is 5.75 Å². The average molecular weight is 234 g/mol. The van der Waals surface area contributed by atoms with Crippen LogP contribution in [-0.4, -0.2) is 13.7 Å². The van der Waals surface area contributed by atoms with Crippen LogP contribution in [0.4, 0.5) is 0 Å². The molecule has 0 saturated carbocycles. The molecular formula is C14H22N2O. The normalized spacial score (nSPS) is 11.5. The van der Waals surface area contributed by atoms with Crippen molar-refractivity contribution in [2.45, 2.75) is 25.7 Å². The largest absolute Gasteiger partial charge is 0.497 e. The molecule has 0 saturated heterocycles. The Morgan fingerprint density at radius 3 is 2.47 bits per heavy atom. The van der Waals surface area contributed by atoms with Gasteiger partial charge in [0.15, 0.2) is 0 Å². The van der Waals surface area contributed by atoms with Gasteiger partial charge in [0, 0.05) is 5.70 Å². The number of nitrogens with two attached hydrogens (primary N) is 2. The molecule has 4 N–H and O–H groups in total. The van der Waals surface area contributed by atoms with E-state index in [1.165, 1.54) is 0 Å². The molecule has 1 aromatic carbocycles. The molecule has 0 fully saturated rings. The number of ether oxygens (including phenoxy) is 1. The van der Waals surface area contributed by atoms with E-state index in [1.54, 1.807) is 7.11 Å². The smallest absolute Gasteiger partial charge is 0.118 e. The third-order valence-corrected chi connectivity index (χ3v) is 2.64. The van der Waals surface area contributed by atoms with Gasteiger partial charge in [-0.1, -0.05) is 18.6 Å². The molecule has 0 heterocycles. The zero-order valence-electron chi connectivity index (χ0n) is 10.5. The number of unbranched alkanes of at least 4 members (excludes halogenated alkanes) is 2. The molecule has 0 amide bonds. The highest BCUT2D eigenvalue weighted by Gasteiger charge is 1.95. The lowest BCUT2D eigenvalue weighted by Gasteiger charge is -2.03. The Morgan fingerprint density at radius 1 is 1.18 bits per heavy atom. The fourth-order valence-electron chi connectivity index (χ4n) is 1.64. The van der Waals surface area contributed by atoms with E-state index in [0.717, 1.165) is 49.2 Å². The summed E-state index contributed by atoms with van der Waals surface area (Å²) in [6, 6.07) is 7.89. The minimum absolute atomic E-state index is 0.766. The van der Waals surface area contributed by atoms with Gasteiger partial charge >= 0.3 is 0 Å². The van der Waals surface area contributed by atoms with Gasteiger partial charge in [-0.05, 0) is 49.6 Å². The Hall–Kier alpha value is -1.48. The number of hydrogen-bond donors (Lipinski definition) is 2. The number of benzene rings is 1. The first-order chi connectivity index (χ1) is 8.26. The summed E-state index contributed by atoms with van der Waals surface area (Å²) in [5.74, 6) is 0.865. The van der Waals surface area contributed by atoms with Crippen LogP contribution in [0.3, 0.4) is 0 Å². The maximum atomic E-state index is 5.96. The first-order valence-corrected chi connectivity index (χ1v) is 6.06. The van der Waals surface area contributed by atoms with Gasteiger partial charge in [-0.25, -0.2) is 0 Å². The van der Waals surface area contributed by atoms with Gasteiger partial charge < -0.3 is 16.2 Å². The Morgan fingerprint density at radius 2 is 1.88 bits per heavy atom. The summed E-state index contributed by atoms with van der Waals surface area (Å²) < 4.78 is 5.10. The molecule has 1 rings (SSSR count). The maximum Gasteiger partial charge on any atom is 0.118 e. The first-order valence-electron chi connectivity index (χ1n) is 6.06. The van der Waals surface area contributed by atoms with Crippen molar-refractivity contribution in [1.29, 1.82) is 0 Å². The van der Waals surface area contributed by atoms with Crippen LogP contribution in [0.1, 0.15) is 31.2 Å². The lowest BCUT2D eigenvalue weighted by atomic mass is 10.1. The fraction of sp³-hybridized carbons (Fsp3) is 0.429. The number of hydrogen-bond acceptors (Lipinski definition) is 3. The van der Waals surface area contributed by atoms with Crippen LogP contribution in [0.2, 0.25) is 0 Å². The Bertz CT molecular complexity index is 344. The predicted molar refractivity (Wildman–Crippen MR) is 72.7 cm³/mol. The van der Waals surface area contributed by atoms with Crippen LogP contribution in [-0.2, 0) is 0 Å². The van der Waals surface area contributed by atoms with Gasteiger partial charge in [-0.15, -0.1) is 0 Å². The molecule has 0 radical (unpaired) electrons. The maximum absolute atomic E-state index is 5.96. The van der Waals surface area contributed by atoms with Crippen LogP contribution >= 0.6 is 0 Å². The minimum Gasteiger partial charge on any atom is -0.497 e. The fourth-order valence-corrected chi connectivity index (χ4v) is 1.64. The summed E-state index contributed by atoms with van der Waals surface area (Å²) >= 11 is 0. The van der Waals surface area contributed by atoms with E-state index in [0.29, 0.717) is 0 Å². The van der Waals surface area contributed by atoms with E-state index in [1.807, 2.05) is 30.3 Å². The summed E-state index contributed by atoms with van der Waals surface area (Å²) in [6.45, 7) is 0.766. The minimum atomic E-state index is 0.766. The lowest BCUT2D eigenvalue weighted by molar-refractivity contribution is 0.415. The van der Waals surface area contributed by atoms with E-state index in [-0.39, 0.29) is 0 Å². The monoisotopic (exact) mass is 234 g/mol. The number of rotatable bonds is 7. The second kappa shape index (κ2) is 7.74. The second-order valence-electron chi connectivity index (χ2n) is 4.09. The standard InChI is InChI=1S/C14H22N2O/c1-17-14-8-6-12(7-9-14)11-13(16)5-3-2-4-10-15/h6-9,11H,2-5,10,15-16H2,1H3. The molecule has 0 bridgehead atoms. The zero-order chi connectivity index (χ0) is 12.5. The summed E-state index contributed by atoms with van der Waals surface area (Å²) in [4.78, 5) is 0. The van der Waals surface area contributed by atoms with E-state index >= 15 is 0 Å². The Labute approximate surface area is 103 Å². The molecule has 0 atom stereocenters. The first kappa shape index (κ1) is 13.6. The lowest BCUT2D eigenvalue weighted by Crippen LogP contribution is -2.00. The van der Waals surface area contributed by atoms with Gasteiger partial charge in [-0.2, -0.15) is 0 Å². The van der Waals surface area contributed by atoms with Gasteiger partial charge in [0.05, 0.1) is 7.11 Å². The number of allylic oxidation sites excluding steroid dienone is 1. The molecule has 0 aliphatic rings. The highest BCUT2D eigenvalue weighted by Crippen LogP contribution is 2.14. The van der Waals surface area contributed by atoms with Gasteiger partial charge in [0.1, 0.15) is 5.75 Å². The molecular weight excluding hydrogens is 212 g/mol. The molecule has 17 heavy (non-hydrogen) atoms. The SMILES string of the molecule is COc1ccc(C=C(N)CCCCCN)cc1.